The van der Waals surface area contributed by atoms with Crippen LogP contribution in [-0.4, -0.2) is 65.6 Å². The second kappa shape index (κ2) is 13.2. The van der Waals surface area contributed by atoms with Gasteiger partial charge in [0.05, 0.1) is 32.0 Å². The van der Waals surface area contributed by atoms with Crippen molar-refractivity contribution in [1.82, 2.24) is 4.90 Å². The third-order valence-electron chi connectivity index (χ3n) is 7.39. The van der Waals surface area contributed by atoms with E-state index in [1.54, 1.807) is 0 Å². The number of hydrogen-bond acceptors (Lipinski definition) is 5. The number of unbranched alkanes of at least 4 members (excludes halogenated alkanes) is 1. The number of aliphatic carboxylic acids is 1. The number of aliphatic hydroxyl groups excluding tert-OH is 1. The molecule has 1 aliphatic heterocycles. The molecule has 0 aromatic heterocycles. The fourth-order valence-electron chi connectivity index (χ4n) is 5.42. The highest BCUT2D eigenvalue weighted by Crippen LogP contribution is 2.36. The van der Waals surface area contributed by atoms with Crippen molar-refractivity contribution in [2.75, 3.05) is 26.3 Å². The van der Waals surface area contributed by atoms with Gasteiger partial charge in [-0.25, -0.2) is 0 Å². The van der Waals surface area contributed by atoms with Crippen LogP contribution < -0.4 is 0 Å². The lowest BCUT2D eigenvalue weighted by atomic mass is 9.94. The molecular formula is C30H39NO5. The first kappa shape index (κ1) is 26.6. The zero-order valence-electron chi connectivity index (χ0n) is 21.2. The Balaban J connectivity index is 1.38. The first-order valence-corrected chi connectivity index (χ1v) is 13.2. The number of aryl methyl sites for hydroxylation is 1. The van der Waals surface area contributed by atoms with Gasteiger partial charge in [-0.2, -0.15) is 0 Å². The second-order valence-electron chi connectivity index (χ2n) is 10.0. The summed E-state index contributed by atoms with van der Waals surface area (Å²) in [6, 6.07) is 17.1. The van der Waals surface area contributed by atoms with Crippen LogP contribution >= 0.6 is 0 Å². The smallest absolute Gasteiger partial charge is 0.303 e. The summed E-state index contributed by atoms with van der Waals surface area (Å²) in [7, 11) is 0. The summed E-state index contributed by atoms with van der Waals surface area (Å²) in [5, 5.41) is 19.8. The summed E-state index contributed by atoms with van der Waals surface area (Å²) >= 11 is 0. The molecule has 2 aromatic rings. The van der Waals surface area contributed by atoms with E-state index in [0.717, 1.165) is 31.5 Å². The predicted octanol–water partition coefficient (Wildman–Crippen LogP) is 4.83. The van der Waals surface area contributed by atoms with E-state index in [-0.39, 0.29) is 24.5 Å². The van der Waals surface area contributed by atoms with Crippen LogP contribution in [0, 0.1) is 12.8 Å². The number of carbonyl (C=O) groups is 1. The number of aliphatic hydroxyl groups is 1. The van der Waals surface area contributed by atoms with Crippen molar-refractivity contribution in [3.63, 3.8) is 0 Å². The van der Waals surface area contributed by atoms with Gasteiger partial charge in [-0.1, -0.05) is 66.2 Å². The summed E-state index contributed by atoms with van der Waals surface area (Å²) < 4.78 is 12.0. The van der Waals surface area contributed by atoms with Crippen LogP contribution in [0.4, 0.5) is 0 Å². The van der Waals surface area contributed by atoms with Crippen LogP contribution in [0.3, 0.4) is 0 Å². The highest BCUT2D eigenvalue weighted by atomic mass is 16.5. The average molecular weight is 494 g/mol. The van der Waals surface area contributed by atoms with E-state index in [0.29, 0.717) is 32.7 Å². The summed E-state index contributed by atoms with van der Waals surface area (Å²) in [5.41, 5.74) is 4.77. The van der Waals surface area contributed by atoms with Gasteiger partial charge in [0, 0.05) is 37.9 Å². The number of ether oxygens (including phenoxy) is 2. The zero-order valence-corrected chi connectivity index (χ0v) is 21.2. The Labute approximate surface area is 214 Å². The van der Waals surface area contributed by atoms with Crippen molar-refractivity contribution in [3.05, 3.63) is 71.8 Å². The summed E-state index contributed by atoms with van der Waals surface area (Å²) in [4.78, 5) is 13.1. The molecule has 4 rings (SSSR count). The normalized spacial score (nSPS) is 24.9. The zero-order chi connectivity index (χ0) is 25.3. The molecule has 2 aromatic carbocycles. The molecule has 194 valence electrons. The molecule has 6 nitrogen and oxygen atoms in total. The van der Waals surface area contributed by atoms with E-state index in [1.807, 2.05) is 0 Å². The van der Waals surface area contributed by atoms with Crippen LogP contribution in [0.15, 0.2) is 60.7 Å². The fourth-order valence-corrected chi connectivity index (χ4v) is 5.42. The SMILES string of the molecule is Cc1ccc(-c2ccc(CO[C@H]3C[C@H](O)[C@H](N4CCOCC4)[C@H]3CC=CCCCC(=O)O)cc2)cc1. The maximum absolute atomic E-state index is 11.0. The number of carboxylic acids is 1. The number of morpholine rings is 1. The number of hydrogen-bond donors (Lipinski definition) is 2. The Morgan fingerprint density at radius 1 is 1.06 bits per heavy atom. The number of allylic oxidation sites excluding steroid dienone is 2. The van der Waals surface area contributed by atoms with Gasteiger partial charge >= 0.3 is 5.97 Å². The van der Waals surface area contributed by atoms with Crippen LogP contribution in [0.25, 0.3) is 11.1 Å². The van der Waals surface area contributed by atoms with Crippen LogP contribution in [0.5, 0.6) is 0 Å². The molecule has 1 heterocycles. The Bertz CT molecular complexity index is 981. The lowest BCUT2D eigenvalue weighted by Gasteiger charge is -2.37. The number of benzene rings is 2. The summed E-state index contributed by atoms with van der Waals surface area (Å²) in [5.74, 6) is -0.573. The lowest BCUT2D eigenvalue weighted by Crippen LogP contribution is -2.50. The molecule has 4 atom stereocenters. The molecule has 0 bridgehead atoms. The van der Waals surface area contributed by atoms with Gasteiger partial charge in [-0.3, -0.25) is 9.69 Å². The minimum atomic E-state index is -0.755. The van der Waals surface area contributed by atoms with Crippen molar-refractivity contribution in [2.45, 2.75) is 63.9 Å². The van der Waals surface area contributed by atoms with Gasteiger partial charge in [-0.05, 0) is 42.9 Å². The van der Waals surface area contributed by atoms with Crippen LogP contribution in [0.2, 0.25) is 0 Å². The van der Waals surface area contributed by atoms with Gasteiger partial charge in [0.15, 0.2) is 0 Å². The van der Waals surface area contributed by atoms with Crippen molar-refractivity contribution < 1.29 is 24.5 Å². The van der Waals surface area contributed by atoms with Gasteiger partial charge < -0.3 is 19.7 Å². The van der Waals surface area contributed by atoms with Crippen LogP contribution in [0.1, 0.15) is 43.2 Å². The molecule has 36 heavy (non-hydrogen) atoms. The predicted molar refractivity (Wildman–Crippen MR) is 141 cm³/mol. The summed E-state index contributed by atoms with van der Waals surface area (Å²) in [6.07, 6.45) is 6.78. The third kappa shape index (κ3) is 7.26. The van der Waals surface area contributed by atoms with E-state index in [9.17, 15) is 9.90 Å². The highest BCUT2D eigenvalue weighted by molar-refractivity contribution is 5.66. The Morgan fingerprint density at radius 2 is 1.72 bits per heavy atom. The minimum absolute atomic E-state index is 0.0340. The van der Waals surface area contributed by atoms with E-state index >= 15 is 0 Å². The Hall–Kier alpha value is -2.51. The largest absolute Gasteiger partial charge is 0.481 e. The topological polar surface area (TPSA) is 79.2 Å². The van der Waals surface area contributed by atoms with Gasteiger partial charge in [0.2, 0.25) is 0 Å². The minimum Gasteiger partial charge on any atom is -0.481 e. The molecule has 2 fully saturated rings. The number of nitrogens with zero attached hydrogens (tertiary/aromatic N) is 1. The first-order chi connectivity index (χ1) is 17.5. The Kier molecular flexibility index (Phi) is 9.70. The molecule has 0 radical (unpaired) electrons. The maximum atomic E-state index is 11.0. The molecule has 6 heteroatoms. The lowest BCUT2D eigenvalue weighted by molar-refractivity contribution is -0.137. The monoisotopic (exact) mass is 493 g/mol. The maximum Gasteiger partial charge on any atom is 0.303 e. The first-order valence-electron chi connectivity index (χ1n) is 13.2. The molecular weight excluding hydrogens is 454 g/mol. The van der Waals surface area contributed by atoms with E-state index in [2.05, 4.69) is 72.5 Å². The van der Waals surface area contributed by atoms with Crippen molar-refractivity contribution in [3.8, 4) is 11.1 Å². The summed E-state index contributed by atoms with van der Waals surface area (Å²) in [6.45, 7) is 5.65. The molecule has 1 saturated heterocycles. The molecule has 1 aliphatic carbocycles. The van der Waals surface area contributed by atoms with E-state index < -0.39 is 12.1 Å². The standard InChI is InChI=1S/C30H39NO5/c1-22-8-12-24(13-9-22)25-14-10-23(11-15-25)21-36-28-20-27(32)30(31-16-18-35-19-17-31)26(28)6-4-2-3-5-7-29(33)34/h2,4,8-15,26-28,30,32H,3,5-7,16-21H2,1H3,(H,33,34)/t26-,27-,28-,30+/m0/s1. The van der Waals surface area contributed by atoms with Gasteiger partial charge in [0.25, 0.3) is 0 Å². The fraction of sp³-hybridized carbons (Fsp3) is 0.500. The van der Waals surface area contributed by atoms with Crippen LogP contribution in [-0.2, 0) is 20.9 Å². The molecule has 2 aliphatic rings. The quantitative estimate of drug-likeness (QED) is 0.345. The highest BCUT2D eigenvalue weighted by Gasteiger charge is 2.45. The average Bonchev–Trinajstić information content (AvgIpc) is 3.20. The van der Waals surface area contributed by atoms with Gasteiger partial charge in [-0.15, -0.1) is 0 Å². The molecule has 0 amide bonds. The molecule has 0 unspecified atom stereocenters. The Morgan fingerprint density at radius 3 is 2.39 bits per heavy atom. The van der Waals surface area contributed by atoms with E-state index in [4.69, 9.17) is 14.6 Å². The second-order valence-corrected chi connectivity index (χ2v) is 10.0. The van der Waals surface area contributed by atoms with E-state index in [1.165, 1.54) is 16.7 Å². The number of carboxylic acid groups (broad SMARTS) is 1. The molecule has 2 N–H and O–H groups in total. The van der Waals surface area contributed by atoms with Crippen molar-refractivity contribution in [1.29, 1.82) is 0 Å². The van der Waals surface area contributed by atoms with Gasteiger partial charge in [0.1, 0.15) is 0 Å². The van der Waals surface area contributed by atoms with Crippen molar-refractivity contribution in [2.24, 2.45) is 5.92 Å². The third-order valence-corrected chi connectivity index (χ3v) is 7.39. The van der Waals surface area contributed by atoms with Crippen molar-refractivity contribution >= 4 is 5.97 Å². The number of rotatable bonds is 11. The molecule has 0 spiro atoms. The molecule has 1 saturated carbocycles.